The van der Waals surface area contributed by atoms with Crippen LogP contribution >= 0.6 is 0 Å². The Morgan fingerprint density at radius 1 is 1.10 bits per heavy atom. The molecule has 0 aromatic heterocycles. The van der Waals surface area contributed by atoms with E-state index in [1.54, 1.807) is 24.3 Å². The van der Waals surface area contributed by atoms with Gasteiger partial charge in [-0.2, -0.15) is 0 Å². The zero-order valence-electron chi connectivity index (χ0n) is 11.1. The Kier molecular flexibility index (Phi) is 4.30. The molecular weight excluding hydrogens is 259 g/mol. The van der Waals surface area contributed by atoms with Gasteiger partial charge in [0.25, 0.3) is 5.91 Å². The highest BCUT2D eigenvalue weighted by molar-refractivity contribution is 6.07. The maximum absolute atomic E-state index is 13.6. The van der Waals surface area contributed by atoms with Crippen LogP contribution < -0.4 is 10.6 Å². The molecule has 0 spiro atoms. The van der Waals surface area contributed by atoms with Crippen LogP contribution in [0, 0.1) is 5.82 Å². The number of nitrogens with one attached hydrogen (secondary N) is 2. The molecule has 0 radical (unpaired) electrons. The highest BCUT2D eigenvalue weighted by atomic mass is 19.1. The minimum absolute atomic E-state index is 0.144. The maximum atomic E-state index is 13.6. The van der Waals surface area contributed by atoms with Gasteiger partial charge in [-0.15, -0.1) is 0 Å². The van der Waals surface area contributed by atoms with Crippen molar-refractivity contribution in [2.24, 2.45) is 0 Å². The highest BCUT2D eigenvalue weighted by Gasteiger charge is 2.12. The molecule has 0 heterocycles. The molecule has 0 saturated carbocycles. The number of amides is 2. The molecule has 104 valence electrons. The summed E-state index contributed by atoms with van der Waals surface area (Å²) in [6.07, 6.45) is 0.210. The van der Waals surface area contributed by atoms with Gasteiger partial charge in [-0.1, -0.05) is 24.3 Å². The van der Waals surface area contributed by atoms with E-state index in [1.165, 1.54) is 19.2 Å². The van der Waals surface area contributed by atoms with Crippen LogP contribution in [0.4, 0.5) is 4.39 Å². The molecule has 20 heavy (non-hydrogen) atoms. The smallest absolute Gasteiger partial charge is 0.251 e. The Morgan fingerprint density at radius 2 is 1.80 bits per heavy atom. The van der Waals surface area contributed by atoms with Crippen molar-refractivity contribution >= 4 is 22.6 Å². The van der Waals surface area contributed by atoms with Gasteiger partial charge in [-0.3, -0.25) is 9.59 Å². The van der Waals surface area contributed by atoms with E-state index in [4.69, 9.17) is 0 Å². The normalized spacial score (nSPS) is 10.3. The molecule has 0 bridgehead atoms. The van der Waals surface area contributed by atoms with Gasteiger partial charge in [-0.05, 0) is 17.5 Å². The van der Waals surface area contributed by atoms with E-state index < -0.39 is 0 Å². The molecule has 0 fully saturated rings. The monoisotopic (exact) mass is 274 g/mol. The lowest BCUT2D eigenvalue weighted by atomic mass is 10.0. The summed E-state index contributed by atoms with van der Waals surface area (Å²) in [6.45, 7) is 0.240. The molecular formula is C15H15FN2O2. The summed E-state index contributed by atoms with van der Waals surface area (Å²) in [6, 6.07) is 9.53. The van der Waals surface area contributed by atoms with Crippen LogP contribution in [0.15, 0.2) is 36.4 Å². The highest BCUT2D eigenvalue weighted by Crippen LogP contribution is 2.21. The number of rotatable bonds is 4. The van der Waals surface area contributed by atoms with Crippen LogP contribution in [-0.4, -0.2) is 25.4 Å². The van der Waals surface area contributed by atoms with Crippen LogP contribution in [0.1, 0.15) is 16.8 Å². The Balaban J connectivity index is 2.18. The number of hydrogen-bond donors (Lipinski definition) is 2. The minimum atomic E-state index is -0.359. The molecule has 5 heteroatoms. The number of carbonyl (C=O) groups is 2. The van der Waals surface area contributed by atoms with Crippen molar-refractivity contribution in [1.29, 1.82) is 0 Å². The lowest BCUT2D eigenvalue weighted by Crippen LogP contribution is -2.29. The number of benzene rings is 2. The molecule has 4 nitrogen and oxygen atoms in total. The first-order valence-electron chi connectivity index (χ1n) is 6.29. The summed E-state index contributed by atoms with van der Waals surface area (Å²) < 4.78 is 13.6. The van der Waals surface area contributed by atoms with Crippen molar-refractivity contribution < 1.29 is 14.0 Å². The number of halogens is 1. The van der Waals surface area contributed by atoms with E-state index in [1.807, 2.05) is 0 Å². The van der Waals surface area contributed by atoms with Gasteiger partial charge >= 0.3 is 0 Å². The first kappa shape index (κ1) is 14.0. The Labute approximate surface area is 116 Å². The SMILES string of the molecule is CNC(=O)CCNC(=O)c1ccc(F)c2ccccc12. The summed E-state index contributed by atoms with van der Waals surface area (Å²) in [7, 11) is 1.54. The fourth-order valence-electron chi connectivity index (χ4n) is 1.97. The summed E-state index contributed by atoms with van der Waals surface area (Å²) in [5.74, 6) is -0.818. The summed E-state index contributed by atoms with van der Waals surface area (Å²) in [4.78, 5) is 23.1. The van der Waals surface area contributed by atoms with Crippen molar-refractivity contribution in [3.63, 3.8) is 0 Å². The Hall–Kier alpha value is -2.43. The first-order valence-corrected chi connectivity index (χ1v) is 6.29. The largest absolute Gasteiger partial charge is 0.359 e. The quantitative estimate of drug-likeness (QED) is 0.894. The van der Waals surface area contributed by atoms with Crippen LogP contribution in [0.2, 0.25) is 0 Å². The van der Waals surface area contributed by atoms with E-state index in [2.05, 4.69) is 10.6 Å². The lowest BCUT2D eigenvalue weighted by molar-refractivity contribution is -0.120. The first-order chi connectivity index (χ1) is 9.63. The van der Waals surface area contributed by atoms with E-state index in [-0.39, 0.29) is 30.6 Å². The molecule has 2 rings (SSSR count). The average molecular weight is 274 g/mol. The topological polar surface area (TPSA) is 58.2 Å². The third-order valence-corrected chi connectivity index (χ3v) is 3.03. The molecule has 2 amide bonds. The average Bonchev–Trinajstić information content (AvgIpc) is 2.47. The summed E-state index contributed by atoms with van der Waals surface area (Å²) >= 11 is 0. The number of hydrogen-bond acceptors (Lipinski definition) is 2. The van der Waals surface area contributed by atoms with Gasteiger partial charge in [0.1, 0.15) is 5.82 Å². The van der Waals surface area contributed by atoms with Crippen molar-refractivity contribution in [2.45, 2.75) is 6.42 Å². The second-order valence-electron chi connectivity index (χ2n) is 4.32. The van der Waals surface area contributed by atoms with Crippen LogP contribution in [-0.2, 0) is 4.79 Å². The third-order valence-electron chi connectivity index (χ3n) is 3.03. The molecule has 2 aromatic rings. The molecule has 0 unspecified atom stereocenters. The maximum Gasteiger partial charge on any atom is 0.251 e. The zero-order chi connectivity index (χ0) is 14.5. The van der Waals surface area contributed by atoms with E-state index in [9.17, 15) is 14.0 Å². The van der Waals surface area contributed by atoms with Crippen LogP contribution in [0.5, 0.6) is 0 Å². The standard InChI is InChI=1S/C15H15FN2O2/c1-17-14(19)8-9-18-15(20)12-6-7-13(16)11-5-3-2-4-10(11)12/h2-7H,8-9H2,1H3,(H,17,19)(H,18,20). The molecule has 0 saturated heterocycles. The number of carbonyl (C=O) groups excluding carboxylic acids is 2. The van der Waals surface area contributed by atoms with Crippen LogP contribution in [0.25, 0.3) is 10.8 Å². The van der Waals surface area contributed by atoms with Gasteiger partial charge in [0.15, 0.2) is 0 Å². The molecule has 2 N–H and O–H groups in total. The summed E-state index contributed by atoms with van der Waals surface area (Å²) in [5.41, 5.74) is 0.402. The molecule has 0 atom stereocenters. The van der Waals surface area contributed by atoms with Crippen LogP contribution in [0.3, 0.4) is 0 Å². The van der Waals surface area contributed by atoms with Crippen molar-refractivity contribution in [3.8, 4) is 0 Å². The summed E-state index contributed by atoms with van der Waals surface area (Å²) in [5, 5.41) is 6.10. The van der Waals surface area contributed by atoms with Gasteiger partial charge in [-0.25, -0.2) is 4.39 Å². The van der Waals surface area contributed by atoms with E-state index >= 15 is 0 Å². The van der Waals surface area contributed by atoms with E-state index in [0.29, 0.717) is 16.3 Å². The Morgan fingerprint density at radius 3 is 2.50 bits per heavy atom. The van der Waals surface area contributed by atoms with Crippen molar-refractivity contribution in [3.05, 3.63) is 47.8 Å². The fraction of sp³-hybridized carbons (Fsp3) is 0.200. The minimum Gasteiger partial charge on any atom is -0.359 e. The van der Waals surface area contributed by atoms with Gasteiger partial charge in [0.05, 0.1) is 0 Å². The second kappa shape index (κ2) is 6.14. The van der Waals surface area contributed by atoms with Gasteiger partial charge in [0.2, 0.25) is 5.91 Å². The molecule has 2 aromatic carbocycles. The Bertz CT molecular complexity index is 655. The molecule has 0 aliphatic rings. The van der Waals surface area contributed by atoms with Gasteiger partial charge in [0, 0.05) is 31.0 Å². The van der Waals surface area contributed by atoms with E-state index in [0.717, 1.165) is 0 Å². The van der Waals surface area contributed by atoms with Gasteiger partial charge < -0.3 is 10.6 Å². The second-order valence-corrected chi connectivity index (χ2v) is 4.32. The molecule has 0 aliphatic carbocycles. The third kappa shape index (κ3) is 2.93. The fourth-order valence-corrected chi connectivity index (χ4v) is 1.97. The zero-order valence-corrected chi connectivity index (χ0v) is 11.1. The predicted octanol–water partition coefficient (Wildman–Crippen LogP) is 1.84. The predicted molar refractivity (Wildman–Crippen MR) is 74.9 cm³/mol. The number of fused-ring (bicyclic) bond motifs is 1. The van der Waals surface area contributed by atoms with Crippen molar-refractivity contribution in [1.82, 2.24) is 10.6 Å². The lowest BCUT2D eigenvalue weighted by Gasteiger charge is -2.08. The van der Waals surface area contributed by atoms with Crippen molar-refractivity contribution in [2.75, 3.05) is 13.6 Å². The molecule has 0 aliphatic heterocycles.